The molecule has 2 heterocycles. The fraction of sp³-hybridized carbons (Fsp3) is 0.316. The highest BCUT2D eigenvalue weighted by Gasteiger charge is 2.19. The molecule has 0 saturated heterocycles. The van der Waals surface area contributed by atoms with Gasteiger partial charge in [-0.15, -0.1) is 11.3 Å². The number of nitrogens with zero attached hydrogens (tertiary/aromatic N) is 2. The molecule has 0 atom stereocenters. The highest BCUT2D eigenvalue weighted by atomic mass is 32.1. The zero-order valence-electron chi connectivity index (χ0n) is 14.4. The molecule has 0 amide bonds. The van der Waals surface area contributed by atoms with E-state index < -0.39 is 5.97 Å². The minimum Gasteiger partial charge on any atom is -0.497 e. The van der Waals surface area contributed by atoms with Crippen LogP contribution in [0.15, 0.2) is 35.1 Å². The van der Waals surface area contributed by atoms with E-state index in [-0.39, 0.29) is 12.2 Å². The molecule has 6 nitrogen and oxygen atoms in total. The molecule has 134 valence electrons. The maximum absolute atomic E-state index is 12.5. The van der Waals surface area contributed by atoms with Crippen LogP contribution in [0.3, 0.4) is 0 Å². The number of ether oxygens (including phenoxy) is 2. The summed E-state index contributed by atoms with van der Waals surface area (Å²) in [7, 11) is 1.54. The quantitative estimate of drug-likeness (QED) is 0.661. The Balaban J connectivity index is 1.56. The van der Waals surface area contributed by atoms with Crippen LogP contribution in [0.1, 0.15) is 39.5 Å². The summed E-state index contributed by atoms with van der Waals surface area (Å²) in [5.41, 5.74) is 1.84. The summed E-state index contributed by atoms with van der Waals surface area (Å²) < 4.78 is 12.1. The van der Waals surface area contributed by atoms with Crippen LogP contribution in [-0.2, 0) is 24.2 Å². The lowest BCUT2D eigenvalue weighted by molar-refractivity contribution is 0.0467. The molecule has 0 spiro atoms. The summed E-state index contributed by atoms with van der Waals surface area (Å²) in [6.07, 6.45) is 4.18. The van der Waals surface area contributed by atoms with Crippen molar-refractivity contribution in [3.8, 4) is 5.75 Å². The summed E-state index contributed by atoms with van der Waals surface area (Å²) in [6.45, 7) is -0.0374. The molecule has 0 unspecified atom stereocenters. The number of carbonyl (C=O) groups excluding carboxylic acids is 1. The predicted molar refractivity (Wildman–Crippen MR) is 98.1 cm³/mol. The first-order valence-corrected chi connectivity index (χ1v) is 9.32. The van der Waals surface area contributed by atoms with E-state index in [1.165, 1.54) is 18.1 Å². The predicted octanol–water partition coefficient (Wildman–Crippen LogP) is 3.00. The highest BCUT2D eigenvalue weighted by molar-refractivity contribution is 7.17. The summed E-state index contributed by atoms with van der Waals surface area (Å²) in [4.78, 5) is 31.2. The fourth-order valence-corrected chi connectivity index (χ4v) is 4.42. The Morgan fingerprint density at radius 1 is 1.27 bits per heavy atom. The van der Waals surface area contributed by atoms with Crippen LogP contribution in [0.4, 0.5) is 0 Å². The van der Waals surface area contributed by atoms with Gasteiger partial charge in [0.2, 0.25) is 0 Å². The third kappa shape index (κ3) is 3.10. The number of benzene rings is 1. The third-order valence-electron chi connectivity index (χ3n) is 4.47. The molecule has 1 aromatic carbocycles. The summed E-state index contributed by atoms with van der Waals surface area (Å²) >= 11 is 1.56. The van der Waals surface area contributed by atoms with Crippen molar-refractivity contribution >= 4 is 22.3 Å². The minimum absolute atomic E-state index is 0.0374. The summed E-state index contributed by atoms with van der Waals surface area (Å²) in [5, 5.41) is 0. The van der Waals surface area contributed by atoms with E-state index in [9.17, 15) is 9.59 Å². The lowest BCUT2D eigenvalue weighted by Gasteiger charge is -2.10. The van der Waals surface area contributed by atoms with Crippen molar-refractivity contribution in [3.63, 3.8) is 0 Å². The number of hydrogen-bond acceptors (Lipinski definition) is 6. The lowest BCUT2D eigenvalue weighted by atomic mass is 10.0. The second-order valence-corrected chi connectivity index (χ2v) is 7.25. The van der Waals surface area contributed by atoms with Gasteiger partial charge in [-0.25, -0.2) is 9.78 Å². The average molecular weight is 370 g/mol. The van der Waals surface area contributed by atoms with Crippen molar-refractivity contribution in [3.05, 3.63) is 62.5 Å². The third-order valence-corrected chi connectivity index (χ3v) is 5.61. The first kappa shape index (κ1) is 16.8. The van der Waals surface area contributed by atoms with E-state index in [4.69, 9.17) is 9.47 Å². The number of aryl methyl sites for hydroxylation is 2. The van der Waals surface area contributed by atoms with Gasteiger partial charge >= 0.3 is 5.97 Å². The number of hydrogen-bond donors (Lipinski definition) is 0. The Labute approximate surface area is 154 Å². The van der Waals surface area contributed by atoms with Crippen LogP contribution < -0.4 is 10.3 Å². The van der Waals surface area contributed by atoms with Gasteiger partial charge in [0.1, 0.15) is 12.4 Å². The molecule has 3 aromatic rings. The molecular formula is C19H18N2O4S. The maximum atomic E-state index is 12.5. The van der Waals surface area contributed by atoms with E-state index in [2.05, 4.69) is 4.98 Å². The molecule has 0 aliphatic heterocycles. The van der Waals surface area contributed by atoms with Crippen molar-refractivity contribution in [2.24, 2.45) is 0 Å². The molecule has 0 fully saturated rings. The first-order valence-electron chi connectivity index (χ1n) is 8.50. The number of thiazole rings is 1. The largest absolute Gasteiger partial charge is 0.497 e. The first-order chi connectivity index (χ1) is 12.7. The number of rotatable bonds is 4. The average Bonchev–Trinajstić information content (AvgIpc) is 3.05. The van der Waals surface area contributed by atoms with Crippen LogP contribution in [-0.4, -0.2) is 22.5 Å². The zero-order chi connectivity index (χ0) is 18.1. The van der Waals surface area contributed by atoms with Crippen molar-refractivity contribution < 1.29 is 14.3 Å². The summed E-state index contributed by atoms with van der Waals surface area (Å²) in [6, 6.07) is 8.20. The topological polar surface area (TPSA) is 69.9 Å². The van der Waals surface area contributed by atoms with E-state index in [0.29, 0.717) is 22.0 Å². The van der Waals surface area contributed by atoms with Crippen LogP contribution in [0.2, 0.25) is 0 Å². The van der Waals surface area contributed by atoms with Crippen LogP contribution >= 0.6 is 11.3 Å². The normalized spacial score (nSPS) is 13.4. The fourth-order valence-electron chi connectivity index (χ4n) is 3.19. The van der Waals surface area contributed by atoms with Crippen molar-refractivity contribution in [2.75, 3.05) is 7.11 Å². The lowest BCUT2D eigenvalue weighted by Crippen LogP contribution is -2.18. The SMILES string of the molecule is COc1cccc(C(=O)OCc2cc(=O)n3c4c(sc3n2)CCCC4)c1. The molecule has 4 rings (SSSR count). The molecular weight excluding hydrogens is 352 g/mol. The number of fused-ring (bicyclic) bond motifs is 3. The zero-order valence-corrected chi connectivity index (χ0v) is 15.2. The molecule has 7 heteroatoms. The second-order valence-electron chi connectivity index (χ2n) is 6.19. The Morgan fingerprint density at radius 3 is 2.96 bits per heavy atom. The summed E-state index contributed by atoms with van der Waals surface area (Å²) in [5.74, 6) is 0.109. The van der Waals surface area contributed by atoms with Gasteiger partial charge < -0.3 is 9.47 Å². The second kappa shape index (κ2) is 6.92. The number of esters is 1. The molecule has 0 radical (unpaired) electrons. The molecule has 1 aliphatic carbocycles. The van der Waals surface area contributed by atoms with E-state index >= 15 is 0 Å². The molecule has 26 heavy (non-hydrogen) atoms. The molecule has 0 bridgehead atoms. The standard InChI is InChI=1S/C19H18N2O4S/c1-24-14-6-4-5-12(9-14)18(23)25-11-13-10-17(22)21-15-7-2-3-8-16(15)26-19(21)20-13/h4-6,9-10H,2-3,7-8,11H2,1H3. The van der Waals surface area contributed by atoms with Crippen molar-refractivity contribution in [1.29, 1.82) is 0 Å². The van der Waals surface area contributed by atoms with Crippen molar-refractivity contribution in [1.82, 2.24) is 9.38 Å². The highest BCUT2D eigenvalue weighted by Crippen LogP contribution is 2.28. The Kier molecular flexibility index (Phi) is 4.46. The van der Waals surface area contributed by atoms with Gasteiger partial charge in [-0.3, -0.25) is 9.20 Å². The van der Waals surface area contributed by atoms with Crippen LogP contribution in [0.25, 0.3) is 4.96 Å². The van der Waals surface area contributed by atoms with E-state index in [1.54, 1.807) is 40.0 Å². The van der Waals surface area contributed by atoms with Gasteiger partial charge in [0, 0.05) is 16.6 Å². The van der Waals surface area contributed by atoms with Gasteiger partial charge in [0.15, 0.2) is 4.96 Å². The molecule has 0 N–H and O–H groups in total. The van der Waals surface area contributed by atoms with Crippen LogP contribution in [0.5, 0.6) is 5.75 Å². The van der Waals surface area contributed by atoms with Crippen molar-refractivity contribution in [2.45, 2.75) is 32.3 Å². The molecule has 0 saturated carbocycles. The number of aromatic nitrogens is 2. The van der Waals surface area contributed by atoms with E-state index in [0.717, 1.165) is 31.4 Å². The van der Waals surface area contributed by atoms with Gasteiger partial charge in [-0.05, 0) is 43.9 Å². The number of carbonyl (C=O) groups is 1. The Hall–Kier alpha value is -2.67. The van der Waals surface area contributed by atoms with Gasteiger partial charge in [0.25, 0.3) is 5.56 Å². The number of methoxy groups -OCH3 is 1. The van der Waals surface area contributed by atoms with E-state index in [1.807, 2.05) is 0 Å². The monoisotopic (exact) mass is 370 g/mol. The maximum Gasteiger partial charge on any atom is 0.338 e. The Morgan fingerprint density at radius 2 is 2.12 bits per heavy atom. The van der Waals surface area contributed by atoms with Gasteiger partial charge in [0.05, 0.1) is 18.4 Å². The van der Waals surface area contributed by atoms with Gasteiger partial charge in [-0.2, -0.15) is 0 Å². The molecule has 2 aromatic heterocycles. The smallest absolute Gasteiger partial charge is 0.338 e. The Bertz CT molecular complexity index is 1040. The van der Waals surface area contributed by atoms with Gasteiger partial charge in [-0.1, -0.05) is 6.07 Å². The minimum atomic E-state index is -0.476. The van der Waals surface area contributed by atoms with Crippen LogP contribution in [0, 0.1) is 0 Å². The molecule has 1 aliphatic rings.